The minimum Gasteiger partial charge on any atom is -0.366 e. The number of halogens is 1. The van der Waals surface area contributed by atoms with Crippen LogP contribution in [0.15, 0.2) is 35.7 Å². The van der Waals surface area contributed by atoms with Crippen molar-refractivity contribution in [1.29, 1.82) is 0 Å². The van der Waals surface area contributed by atoms with E-state index in [0.717, 1.165) is 12.1 Å². The molecule has 0 aliphatic heterocycles. The molecular weight excluding hydrogens is 269 g/mol. The Hall–Kier alpha value is -2.50. The first kappa shape index (κ1) is 14.9. The Kier molecular flexibility index (Phi) is 4.81. The fourth-order valence-electron chi connectivity index (χ4n) is 1.67. The molecule has 110 valence electrons. The minimum atomic E-state index is -0.349. The van der Waals surface area contributed by atoms with Crippen LogP contribution >= 0.6 is 0 Å². The first-order valence-electron chi connectivity index (χ1n) is 6.67. The molecule has 0 amide bonds. The van der Waals surface area contributed by atoms with Gasteiger partial charge < -0.3 is 10.2 Å². The third kappa shape index (κ3) is 3.98. The van der Waals surface area contributed by atoms with Gasteiger partial charge in [0.2, 0.25) is 0 Å². The molecule has 0 bridgehead atoms. The van der Waals surface area contributed by atoms with Crippen molar-refractivity contribution >= 4 is 23.5 Å². The maximum atomic E-state index is 13.8. The summed E-state index contributed by atoms with van der Waals surface area (Å²) in [5.74, 6) is 0.213. The molecule has 0 unspecified atom stereocenters. The molecule has 5 nitrogen and oxygen atoms in total. The first-order chi connectivity index (χ1) is 10.1. The molecule has 2 rings (SSSR count). The molecule has 0 spiro atoms. The van der Waals surface area contributed by atoms with Gasteiger partial charge in [-0.3, -0.25) is 4.98 Å². The predicted molar refractivity (Wildman–Crippen MR) is 82.9 cm³/mol. The van der Waals surface area contributed by atoms with Crippen molar-refractivity contribution in [2.24, 2.45) is 4.99 Å². The highest BCUT2D eigenvalue weighted by molar-refractivity contribution is 5.71. The Balaban J connectivity index is 2.30. The summed E-state index contributed by atoms with van der Waals surface area (Å²) in [5.41, 5.74) is 2.06. The summed E-state index contributed by atoms with van der Waals surface area (Å²) in [6.07, 6.45) is 6.43. The maximum absolute atomic E-state index is 13.8. The van der Waals surface area contributed by atoms with Crippen LogP contribution in [0.4, 0.5) is 21.6 Å². The van der Waals surface area contributed by atoms with E-state index >= 15 is 0 Å². The molecular formula is C15H18FN5. The lowest BCUT2D eigenvalue weighted by atomic mass is 10.1. The van der Waals surface area contributed by atoms with Gasteiger partial charge >= 0.3 is 0 Å². The van der Waals surface area contributed by atoms with E-state index < -0.39 is 0 Å². The second-order valence-corrected chi connectivity index (χ2v) is 4.63. The van der Waals surface area contributed by atoms with E-state index in [-0.39, 0.29) is 5.82 Å². The summed E-state index contributed by atoms with van der Waals surface area (Å²) in [6, 6.07) is 2.84. The van der Waals surface area contributed by atoms with Crippen LogP contribution in [0.5, 0.6) is 0 Å². The van der Waals surface area contributed by atoms with Crippen LogP contribution in [0.3, 0.4) is 0 Å². The molecule has 21 heavy (non-hydrogen) atoms. The number of aliphatic imine (C=N–C) groups is 1. The summed E-state index contributed by atoms with van der Waals surface area (Å²) in [7, 11) is 1.91. The summed E-state index contributed by atoms with van der Waals surface area (Å²) < 4.78 is 13.8. The molecule has 1 heterocycles. The van der Waals surface area contributed by atoms with E-state index in [4.69, 9.17) is 0 Å². The predicted octanol–water partition coefficient (Wildman–Crippen LogP) is 3.28. The van der Waals surface area contributed by atoms with E-state index in [1.54, 1.807) is 24.9 Å². The lowest BCUT2D eigenvalue weighted by Crippen LogP contribution is -2.14. The van der Waals surface area contributed by atoms with Gasteiger partial charge in [-0.05, 0) is 31.5 Å². The van der Waals surface area contributed by atoms with Crippen molar-refractivity contribution < 1.29 is 4.39 Å². The van der Waals surface area contributed by atoms with Gasteiger partial charge in [0, 0.05) is 31.7 Å². The lowest BCUT2D eigenvalue weighted by molar-refractivity contribution is 0.552. The van der Waals surface area contributed by atoms with Crippen LogP contribution in [0.25, 0.3) is 0 Å². The van der Waals surface area contributed by atoms with Gasteiger partial charge in [-0.25, -0.2) is 14.4 Å². The second kappa shape index (κ2) is 6.78. The van der Waals surface area contributed by atoms with Crippen LogP contribution in [0, 0.1) is 12.7 Å². The lowest BCUT2D eigenvalue weighted by Gasteiger charge is -2.12. The summed E-state index contributed by atoms with van der Waals surface area (Å²) in [4.78, 5) is 14.3. The zero-order valence-corrected chi connectivity index (χ0v) is 12.3. The molecule has 0 radical (unpaired) electrons. The third-order valence-electron chi connectivity index (χ3n) is 3.06. The van der Waals surface area contributed by atoms with Crippen molar-refractivity contribution in [2.75, 3.05) is 18.9 Å². The molecule has 0 fully saturated rings. The third-order valence-corrected chi connectivity index (χ3v) is 3.06. The van der Waals surface area contributed by atoms with E-state index in [1.165, 1.54) is 12.1 Å². The number of nitrogens with one attached hydrogen (secondary N) is 1. The minimum absolute atomic E-state index is 0.349. The summed E-state index contributed by atoms with van der Waals surface area (Å²) in [6.45, 7) is 4.74. The Bertz CT molecular complexity index is 627. The fourth-order valence-corrected chi connectivity index (χ4v) is 1.67. The van der Waals surface area contributed by atoms with Gasteiger partial charge in [-0.2, -0.15) is 0 Å². The fraction of sp³-hybridized carbons (Fsp3) is 0.267. The average molecular weight is 287 g/mol. The number of hydrogen-bond donors (Lipinski definition) is 1. The van der Waals surface area contributed by atoms with Crippen molar-refractivity contribution in [3.63, 3.8) is 0 Å². The smallest absolute Gasteiger partial charge is 0.148 e. The Labute approximate surface area is 123 Å². The van der Waals surface area contributed by atoms with E-state index in [2.05, 4.69) is 20.3 Å². The largest absolute Gasteiger partial charge is 0.366 e. The monoisotopic (exact) mass is 287 g/mol. The van der Waals surface area contributed by atoms with Crippen LogP contribution in [0.2, 0.25) is 0 Å². The van der Waals surface area contributed by atoms with Crippen molar-refractivity contribution in [2.45, 2.75) is 13.8 Å². The molecule has 1 N–H and O–H groups in total. The molecule has 2 aromatic rings. The molecule has 0 aliphatic rings. The van der Waals surface area contributed by atoms with Crippen molar-refractivity contribution in [1.82, 2.24) is 14.9 Å². The number of hydrogen-bond acceptors (Lipinski definition) is 4. The van der Waals surface area contributed by atoms with Gasteiger partial charge in [-0.1, -0.05) is 0 Å². The van der Waals surface area contributed by atoms with Gasteiger partial charge in [0.1, 0.15) is 11.6 Å². The average Bonchev–Trinajstić information content (AvgIpc) is 2.49. The highest BCUT2D eigenvalue weighted by Crippen LogP contribution is 2.29. The summed E-state index contributed by atoms with van der Waals surface area (Å²) in [5, 5.41) is 3.05. The normalized spacial score (nSPS) is 10.9. The zero-order valence-electron chi connectivity index (χ0n) is 12.3. The Morgan fingerprint density at radius 3 is 2.86 bits per heavy atom. The van der Waals surface area contributed by atoms with Crippen LogP contribution in [-0.2, 0) is 0 Å². The first-order valence-corrected chi connectivity index (χ1v) is 6.67. The summed E-state index contributed by atoms with van der Waals surface area (Å²) >= 11 is 0. The number of aromatic nitrogens is 2. The van der Waals surface area contributed by atoms with Gasteiger partial charge in [0.25, 0.3) is 0 Å². The van der Waals surface area contributed by atoms with Crippen LogP contribution < -0.4 is 5.32 Å². The Morgan fingerprint density at radius 1 is 1.38 bits per heavy atom. The zero-order chi connectivity index (χ0) is 15.2. The van der Waals surface area contributed by atoms with E-state index in [0.29, 0.717) is 17.2 Å². The molecule has 0 saturated carbocycles. The number of anilines is 2. The molecule has 6 heteroatoms. The Morgan fingerprint density at radius 2 is 2.19 bits per heavy atom. The van der Waals surface area contributed by atoms with E-state index in [9.17, 15) is 4.39 Å². The number of rotatable bonds is 5. The molecule has 1 aromatic heterocycles. The molecule has 0 saturated heterocycles. The second-order valence-electron chi connectivity index (χ2n) is 4.63. The molecule has 0 atom stereocenters. The van der Waals surface area contributed by atoms with Gasteiger partial charge in [0.05, 0.1) is 18.2 Å². The number of nitrogens with zero attached hydrogens (tertiary/aromatic N) is 4. The SMILES string of the molecule is CCN(C)C=Nc1cc(F)cc(Nc2cnccn2)c1C. The number of benzene rings is 1. The van der Waals surface area contributed by atoms with Crippen LogP contribution in [-0.4, -0.2) is 34.8 Å². The molecule has 1 aromatic carbocycles. The van der Waals surface area contributed by atoms with Gasteiger partial charge in [0.15, 0.2) is 0 Å². The van der Waals surface area contributed by atoms with Crippen molar-refractivity contribution in [3.05, 3.63) is 42.1 Å². The topological polar surface area (TPSA) is 53.4 Å². The quantitative estimate of drug-likeness (QED) is 0.677. The van der Waals surface area contributed by atoms with Crippen LogP contribution in [0.1, 0.15) is 12.5 Å². The maximum Gasteiger partial charge on any atom is 0.148 e. The molecule has 0 aliphatic carbocycles. The van der Waals surface area contributed by atoms with E-state index in [1.807, 2.05) is 25.8 Å². The highest BCUT2D eigenvalue weighted by Gasteiger charge is 2.08. The van der Waals surface area contributed by atoms with Gasteiger partial charge in [-0.15, -0.1) is 0 Å². The highest BCUT2D eigenvalue weighted by atomic mass is 19.1. The standard InChI is InChI=1S/C15H18FN5/c1-4-21(3)10-19-13-7-12(16)8-14(11(13)2)20-15-9-17-5-6-18-15/h5-10H,4H2,1-3H3,(H,18,20). The van der Waals surface area contributed by atoms with Crippen molar-refractivity contribution in [3.8, 4) is 0 Å².